The standard InChI is InChI=1S/C15H19NO3/c1-10-5-7-12-11(9-10)6-8-13(17)16(12)14(18)19-15(2,3)4/h5,7,9H,6,8H2,1-4H3. The van der Waals surface area contributed by atoms with E-state index in [2.05, 4.69) is 0 Å². The van der Waals surface area contributed by atoms with E-state index in [1.165, 1.54) is 0 Å². The second-order valence-electron chi connectivity index (χ2n) is 5.84. The Kier molecular flexibility index (Phi) is 3.35. The summed E-state index contributed by atoms with van der Waals surface area (Å²) >= 11 is 0. The van der Waals surface area contributed by atoms with Crippen molar-refractivity contribution in [3.05, 3.63) is 29.3 Å². The lowest BCUT2D eigenvalue weighted by Gasteiger charge is -2.30. The van der Waals surface area contributed by atoms with Crippen molar-refractivity contribution in [1.29, 1.82) is 0 Å². The van der Waals surface area contributed by atoms with Crippen LogP contribution in [0, 0.1) is 6.92 Å². The molecule has 0 N–H and O–H groups in total. The number of hydrogen-bond donors (Lipinski definition) is 0. The molecule has 1 heterocycles. The third-order valence-corrected chi connectivity index (χ3v) is 2.91. The highest BCUT2D eigenvalue weighted by atomic mass is 16.6. The average Bonchev–Trinajstić information content (AvgIpc) is 2.26. The Labute approximate surface area is 113 Å². The van der Waals surface area contributed by atoms with Gasteiger partial charge in [0.25, 0.3) is 0 Å². The minimum Gasteiger partial charge on any atom is -0.443 e. The van der Waals surface area contributed by atoms with Crippen LogP contribution in [-0.2, 0) is 16.0 Å². The van der Waals surface area contributed by atoms with Crippen molar-refractivity contribution < 1.29 is 14.3 Å². The van der Waals surface area contributed by atoms with E-state index in [-0.39, 0.29) is 5.91 Å². The minimum absolute atomic E-state index is 0.203. The fourth-order valence-electron chi connectivity index (χ4n) is 2.13. The third-order valence-electron chi connectivity index (χ3n) is 2.91. The van der Waals surface area contributed by atoms with E-state index in [0.717, 1.165) is 16.0 Å². The number of carbonyl (C=O) groups excluding carboxylic acids is 2. The molecule has 0 fully saturated rings. The van der Waals surface area contributed by atoms with Crippen LogP contribution < -0.4 is 4.90 Å². The fraction of sp³-hybridized carbons (Fsp3) is 0.467. The summed E-state index contributed by atoms with van der Waals surface area (Å²) in [5.41, 5.74) is 2.18. The van der Waals surface area contributed by atoms with Crippen molar-refractivity contribution in [3.8, 4) is 0 Å². The van der Waals surface area contributed by atoms with Crippen LogP contribution in [0.1, 0.15) is 38.3 Å². The minimum atomic E-state index is -0.611. The molecule has 0 spiro atoms. The number of benzene rings is 1. The maximum absolute atomic E-state index is 12.2. The summed E-state index contributed by atoms with van der Waals surface area (Å²) in [6.07, 6.45) is 0.424. The molecule has 19 heavy (non-hydrogen) atoms. The number of carbonyl (C=O) groups is 2. The number of imide groups is 1. The Balaban J connectivity index is 2.35. The second-order valence-corrected chi connectivity index (χ2v) is 5.84. The van der Waals surface area contributed by atoms with Gasteiger partial charge in [0.15, 0.2) is 0 Å². The van der Waals surface area contributed by atoms with Crippen LogP contribution in [0.2, 0.25) is 0 Å². The summed E-state index contributed by atoms with van der Waals surface area (Å²) in [7, 11) is 0. The van der Waals surface area contributed by atoms with Gasteiger partial charge in [-0.3, -0.25) is 4.79 Å². The molecule has 0 aromatic heterocycles. The Morgan fingerprint density at radius 1 is 1.26 bits per heavy atom. The van der Waals surface area contributed by atoms with Crippen LogP contribution in [0.25, 0.3) is 0 Å². The smallest absolute Gasteiger partial charge is 0.421 e. The molecule has 0 radical (unpaired) electrons. The molecule has 2 amide bonds. The molecule has 1 aromatic rings. The molecule has 0 aliphatic carbocycles. The van der Waals surface area contributed by atoms with Gasteiger partial charge in [0.2, 0.25) is 5.91 Å². The van der Waals surface area contributed by atoms with Gasteiger partial charge >= 0.3 is 6.09 Å². The fourth-order valence-corrected chi connectivity index (χ4v) is 2.13. The van der Waals surface area contributed by atoms with E-state index in [1.54, 1.807) is 20.8 Å². The van der Waals surface area contributed by atoms with Crippen LogP contribution in [-0.4, -0.2) is 17.6 Å². The third kappa shape index (κ3) is 2.95. The first-order chi connectivity index (χ1) is 8.78. The van der Waals surface area contributed by atoms with Crippen LogP contribution in [0.15, 0.2) is 18.2 Å². The summed E-state index contributed by atoms with van der Waals surface area (Å²) in [4.78, 5) is 25.3. The number of aryl methyl sites for hydroxylation is 2. The Bertz CT molecular complexity index is 529. The largest absolute Gasteiger partial charge is 0.443 e. The molecule has 1 aliphatic heterocycles. The predicted octanol–water partition coefficient (Wildman–Crippen LogP) is 3.21. The second kappa shape index (κ2) is 4.68. The van der Waals surface area contributed by atoms with Gasteiger partial charge < -0.3 is 4.74 Å². The molecule has 0 saturated heterocycles. The zero-order chi connectivity index (χ0) is 14.2. The SMILES string of the molecule is Cc1ccc2c(c1)CCC(=O)N2C(=O)OC(C)(C)C. The van der Waals surface area contributed by atoms with E-state index in [9.17, 15) is 9.59 Å². The highest BCUT2D eigenvalue weighted by molar-refractivity contribution is 6.14. The summed E-state index contributed by atoms with van der Waals surface area (Å²) in [6.45, 7) is 7.36. The van der Waals surface area contributed by atoms with E-state index < -0.39 is 11.7 Å². The number of amides is 2. The van der Waals surface area contributed by atoms with Gasteiger partial charge in [-0.05, 0) is 45.7 Å². The first-order valence-corrected chi connectivity index (χ1v) is 6.43. The molecule has 1 aliphatic rings. The van der Waals surface area contributed by atoms with Gasteiger partial charge in [-0.25, -0.2) is 9.69 Å². The zero-order valence-electron chi connectivity index (χ0n) is 11.8. The molecule has 0 saturated carbocycles. The zero-order valence-corrected chi connectivity index (χ0v) is 11.8. The van der Waals surface area contributed by atoms with Crippen molar-refractivity contribution in [2.75, 3.05) is 4.90 Å². The molecule has 1 aromatic carbocycles. The van der Waals surface area contributed by atoms with E-state index in [4.69, 9.17) is 4.74 Å². The number of rotatable bonds is 0. The first kappa shape index (κ1) is 13.6. The predicted molar refractivity (Wildman–Crippen MR) is 73.2 cm³/mol. The van der Waals surface area contributed by atoms with Gasteiger partial charge in [-0.2, -0.15) is 0 Å². The molecule has 4 heteroatoms. The molecule has 2 rings (SSSR count). The number of ether oxygens (including phenoxy) is 1. The van der Waals surface area contributed by atoms with E-state index in [1.807, 2.05) is 25.1 Å². The van der Waals surface area contributed by atoms with Crippen LogP contribution in [0.4, 0.5) is 10.5 Å². The highest BCUT2D eigenvalue weighted by Gasteiger charge is 2.32. The van der Waals surface area contributed by atoms with E-state index >= 15 is 0 Å². The van der Waals surface area contributed by atoms with Crippen LogP contribution in [0.5, 0.6) is 0 Å². The lowest BCUT2D eigenvalue weighted by Crippen LogP contribution is -2.43. The van der Waals surface area contributed by atoms with Crippen molar-refractivity contribution in [2.24, 2.45) is 0 Å². The maximum atomic E-state index is 12.2. The average molecular weight is 261 g/mol. The van der Waals surface area contributed by atoms with Crippen LogP contribution in [0.3, 0.4) is 0 Å². The number of fused-ring (bicyclic) bond motifs is 1. The molecule has 4 nitrogen and oxygen atoms in total. The lowest BCUT2D eigenvalue weighted by molar-refractivity contribution is -0.118. The van der Waals surface area contributed by atoms with E-state index in [0.29, 0.717) is 18.5 Å². The highest BCUT2D eigenvalue weighted by Crippen LogP contribution is 2.30. The molecule has 102 valence electrons. The number of anilines is 1. The normalized spacial score (nSPS) is 15.2. The number of nitrogens with zero attached hydrogens (tertiary/aromatic N) is 1. The summed E-state index contributed by atoms with van der Waals surface area (Å²) in [5.74, 6) is -0.203. The topological polar surface area (TPSA) is 46.6 Å². The molecular formula is C15H19NO3. The van der Waals surface area contributed by atoms with Gasteiger partial charge in [0, 0.05) is 6.42 Å². The van der Waals surface area contributed by atoms with Crippen LogP contribution >= 0.6 is 0 Å². The van der Waals surface area contributed by atoms with Crippen molar-refractivity contribution in [2.45, 2.75) is 46.1 Å². The Hall–Kier alpha value is -1.84. The van der Waals surface area contributed by atoms with Gasteiger partial charge in [0.1, 0.15) is 5.60 Å². The summed E-state index contributed by atoms with van der Waals surface area (Å²) < 4.78 is 5.30. The summed E-state index contributed by atoms with van der Waals surface area (Å²) in [5, 5.41) is 0. The Morgan fingerprint density at radius 3 is 2.58 bits per heavy atom. The molecule has 0 bridgehead atoms. The lowest BCUT2D eigenvalue weighted by atomic mass is 9.99. The quantitative estimate of drug-likeness (QED) is 0.720. The molecule has 0 atom stereocenters. The van der Waals surface area contributed by atoms with Crippen molar-refractivity contribution in [1.82, 2.24) is 0 Å². The van der Waals surface area contributed by atoms with Gasteiger partial charge in [0.05, 0.1) is 5.69 Å². The first-order valence-electron chi connectivity index (χ1n) is 6.43. The molecular weight excluding hydrogens is 242 g/mol. The van der Waals surface area contributed by atoms with Crippen molar-refractivity contribution >= 4 is 17.7 Å². The monoisotopic (exact) mass is 261 g/mol. The summed E-state index contributed by atoms with van der Waals surface area (Å²) in [6, 6.07) is 5.72. The molecule has 0 unspecified atom stereocenters. The van der Waals surface area contributed by atoms with Crippen molar-refractivity contribution in [3.63, 3.8) is 0 Å². The van der Waals surface area contributed by atoms with Gasteiger partial charge in [-0.15, -0.1) is 0 Å². The number of hydrogen-bond acceptors (Lipinski definition) is 3. The Morgan fingerprint density at radius 2 is 1.95 bits per heavy atom. The van der Waals surface area contributed by atoms with Gasteiger partial charge in [-0.1, -0.05) is 17.7 Å². The maximum Gasteiger partial charge on any atom is 0.421 e.